The standard InChI is InChI=1S/C25H20N4O5S/c1-13-5-4-11-28-14(2)18(27-22(13)28)20(30)17-19(15-6-8-16(9-7-15)24(33)34-3)29(23(32)21(17)31)25-26-10-12-35-25/h4-12,19,30H,1-3H3. The van der Waals surface area contributed by atoms with Crippen molar-refractivity contribution in [3.63, 3.8) is 0 Å². The van der Waals surface area contributed by atoms with Gasteiger partial charge >= 0.3 is 11.9 Å². The average molecular weight is 489 g/mol. The minimum Gasteiger partial charge on any atom is -0.505 e. The van der Waals surface area contributed by atoms with Gasteiger partial charge in [-0.15, -0.1) is 11.3 Å². The highest BCUT2D eigenvalue weighted by atomic mass is 32.1. The summed E-state index contributed by atoms with van der Waals surface area (Å²) in [5.41, 5.74) is 3.11. The second-order valence-corrected chi connectivity index (χ2v) is 8.90. The molecule has 1 unspecified atom stereocenters. The van der Waals surface area contributed by atoms with Gasteiger partial charge in [0, 0.05) is 17.8 Å². The summed E-state index contributed by atoms with van der Waals surface area (Å²) in [4.78, 5) is 48.4. The number of carbonyl (C=O) groups excluding carboxylic acids is 3. The molecule has 3 aromatic heterocycles. The van der Waals surface area contributed by atoms with Gasteiger partial charge in [0.25, 0.3) is 5.78 Å². The first kappa shape index (κ1) is 22.5. The second-order valence-electron chi connectivity index (χ2n) is 8.03. The van der Waals surface area contributed by atoms with Crippen molar-refractivity contribution in [2.24, 2.45) is 0 Å². The molecule has 1 aliphatic rings. The topological polar surface area (TPSA) is 114 Å². The number of carbonyl (C=O) groups is 3. The Balaban J connectivity index is 1.73. The summed E-state index contributed by atoms with van der Waals surface area (Å²) in [6.07, 6.45) is 3.35. The summed E-state index contributed by atoms with van der Waals surface area (Å²) in [6.45, 7) is 3.68. The van der Waals surface area contributed by atoms with Crippen LogP contribution in [-0.4, -0.2) is 44.2 Å². The molecule has 4 aromatic rings. The van der Waals surface area contributed by atoms with E-state index in [0.29, 0.717) is 27.6 Å². The fourth-order valence-electron chi connectivity index (χ4n) is 4.27. The third kappa shape index (κ3) is 3.50. The summed E-state index contributed by atoms with van der Waals surface area (Å²) in [5.74, 6) is -2.53. The predicted octanol–water partition coefficient (Wildman–Crippen LogP) is 3.82. The number of aromatic nitrogens is 3. The van der Waals surface area contributed by atoms with Gasteiger partial charge in [-0.3, -0.25) is 14.5 Å². The molecule has 0 saturated carbocycles. The normalized spacial score (nSPS) is 17.3. The van der Waals surface area contributed by atoms with E-state index in [9.17, 15) is 19.5 Å². The van der Waals surface area contributed by atoms with Crippen molar-refractivity contribution in [3.05, 3.63) is 87.8 Å². The smallest absolute Gasteiger partial charge is 0.337 e. The maximum absolute atomic E-state index is 13.3. The molecule has 4 heterocycles. The summed E-state index contributed by atoms with van der Waals surface area (Å²) in [6, 6.07) is 9.14. The van der Waals surface area contributed by atoms with Crippen molar-refractivity contribution in [2.45, 2.75) is 19.9 Å². The lowest BCUT2D eigenvalue weighted by Gasteiger charge is -2.23. The average Bonchev–Trinajstić information content (AvgIpc) is 3.57. The molecule has 35 heavy (non-hydrogen) atoms. The Hall–Kier alpha value is -4.31. The Morgan fingerprint density at radius 2 is 1.89 bits per heavy atom. The minimum absolute atomic E-state index is 0.0971. The van der Waals surface area contributed by atoms with Gasteiger partial charge in [-0.2, -0.15) is 0 Å². The van der Waals surface area contributed by atoms with Gasteiger partial charge in [0.05, 0.1) is 30.0 Å². The molecular formula is C25H20N4O5S. The number of rotatable bonds is 4. The highest BCUT2D eigenvalue weighted by molar-refractivity contribution is 7.14. The molecule has 0 aliphatic carbocycles. The van der Waals surface area contributed by atoms with E-state index in [1.807, 2.05) is 29.7 Å². The third-order valence-electron chi connectivity index (χ3n) is 6.03. The Morgan fingerprint density at radius 1 is 1.14 bits per heavy atom. The van der Waals surface area contributed by atoms with Gasteiger partial charge in [0.15, 0.2) is 10.9 Å². The first-order chi connectivity index (χ1) is 16.8. The van der Waals surface area contributed by atoms with Crippen LogP contribution >= 0.6 is 11.3 Å². The van der Waals surface area contributed by atoms with Crippen LogP contribution in [-0.2, 0) is 14.3 Å². The first-order valence-electron chi connectivity index (χ1n) is 10.7. The van der Waals surface area contributed by atoms with Gasteiger partial charge in [-0.25, -0.2) is 14.8 Å². The lowest BCUT2D eigenvalue weighted by atomic mass is 9.95. The number of hydrogen-bond acceptors (Lipinski definition) is 8. The van der Waals surface area contributed by atoms with Crippen LogP contribution in [0.25, 0.3) is 11.4 Å². The van der Waals surface area contributed by atoms with E-state index in [1.165, 1.54) is 29.5 Å². The maximum atomic E-state index is 13.3. The lowest BCUT2D eigenvalue weighted by molar-refractivity contribution is -0.132. The van der Waals surface area contributed by atoms with Crippen LogP contribution in [0.4, 0.5) is 5.13 Å². The van der Waals surface area contributed by atoms with Crippen LogP contribution in [0.15, 0.2) is 59.7 Å². The summed E-state index contributed by atoms with van der Waals surface area (Å²) < 4.78 is 6.58. The molecule has 10 heteroatoms. The predicted molar refractivity (Wildman–Crippen MR) is 129 cm³/mol. The molecule has 1 atom stereocenters. The summed E-state index contributed by atoms with van der Waals surface area (Å²) in [5, 5.41) is 13.4. The second kappa shape index (κ2) is 8.48. The summed E-state index contributed by atoms with van der Waals surface area (Å²) in [7, 11) is 1.28. The largest absolute Gasteiger partial charge is 0.505 e. The van der Waals surface area contributed by atoms with Crippen LogP contribution in [0, 0.1) is 13.8 Å². The van der Waals surface area contributed by atoms with Gasteiger partial charge in [0.1, 0.15) is 11.3 Å². The van der Waals surface area contributed by atoms with Crippen molar-refractivity contribution >= 4 is 45.5 Å². The lowest BCUT2D eigenvalue weighted by Crippen LogP contribution is -2.29. The number of ketones is 1. The van der Waals surface area contributed by atoms with Gasteiger partial charge in [-0.1, -0.05) is 18.2 Å². The summed E-state index contributed by atoms with van der Waals surface area (Å²) >= 11 is 1.20. The van der Waals surface area contributed by atoms with E-state index in [2.05, 4.69) is 9.97 Å². The fraction of sp³-hybridized carbons (Fsp3) is 0.160. The molecule has 1 aliphatic heterocycles. The van der Waals surface area contributed by atoms with E-state index >= 15 is 0 Å². The molecule has 1 saturated heterocycles. The zero-order valence-corrected chi connectivity index (χ0v) is 19.9. The molecule has 1 aromatic carbocycles. The number of pyridine rings is 1. The van der Waals surface area contributed by atoms with Gasteiger partial charge in [0.2, 0.25) is 0 Å². The van der Waals surface area contributed by atoms with E-state index in [4.69, 9.17) is 4.74 Å². The molecule has 0 spiro atoms. The molecule has 9 nitrogen and oxygen atoms in total. The molecule has 1 fully saturated rings. The number of ether oxygens (including phenoxy) is 1. The number of esters is 1. The number of nitrogens with zero attached hydrogens (tertiary/aromatic N) is 4. The highest BCUT2D eigenvalue weighted by Crippen LogP contribution is 2.43. The number of thiazole rings is 1. The number of benzene rings is 1. The number of aliphatic hydroxyl groups excluding tert-OH is 1. The molecule has 1 amide bonds. The molecule has 0 radical (unpaired) electrons. The Morgan fingerprint density at radius 3 is 2.51 bits per heavy atom. The molecule has 5 rings (SSSR count). The number of methoxy groups -OCH3 is 1. The minimum atomic E-state index is -0.960. The Labute approximate surface area is 203 Å². The fourth-order valence-corrected chi connectivity index (χ4v) is 4.94. The van der Waals surface area contributed by atoms with Gasteiger partial charge in [-0.05, 0) is 43.2 Å². The Kier molecular flexibility index (Phi) is 5.45. The SMILES string of the molecule is COC(=O)c1ccc(C2C(=C(O)c3nc4c(C)cccn4c3C)C(=O)C(=O)N2c2nccs2)cc1. The van der Waals surface area contributed by atoms with E-state index in [-0.39, 0.29) is 17.0 Å². The highest BCUT2D eigenvalue weighted by Gasteiger charge is 2.48. The number of amides is 1. The van der Waals surface area contributed by atoms with Crippen LogP contribution in [0.3, 0.4) is 0 Å². The van der Waals surface area contributed by atoms with Crippen LogP contribution in [0.2, 0.25) is 0 Å². The van der Waals surface area contributed by atoms with Crippen molar-refractivity contribution < 1.29 is 24.2 Å². The monoisotopic (exact) mass is 488 g/mol. The van der Waals surface area contributed by atoms with Crippen molar-refractivity contribution in [1.82, 2.24) is 14.4 Å². The van der Waals surface area contributed by atoms with Gasteiger partial charge < -0.3 is 14.2 Å². The molecule has 176 valence electrons. The van der Waals surface area contributed by atoms with Crippen molar-refractivity contribution in [2.75, 3.05) is 12.0 Å². The van der Waals surface area contributed by atoms with E-state index in [1.54, 1.807) is 36.6 Å². The Bertz CT molecular complexity index is 1520. The van der Waals surface area contributed by atoms with Crippen LogP contribution in [0.1, 0.15) is 38.9 Å². The first-order valence-corrected chi connectivity index (χ1v) is 11.5. The number of aliphatic hydroxyl groups is 1. The number of Topliss-reactive ketones (excluding diaryl/α,β-unsaturated/α-hetero) is 1. The number of aryl methyl sites for hydroxylation is 2. The molecular weight excluding hydrogens is 468 g/mol. The van der Waals surface area contributed by atoms with Crippen LogP contribution in [0.5, 0.6) is 0 Å². The quantitative estimate of drug-likeness (QED) is 0.201. The van der Waals surface area contributed by atoms with Crippen molar-refractivity contribution in [1.29, 1.82) is 0 Å². The van der Waals surface area contributed by atoms with Crippen molar-refractivity contribution in [3.8, 4) is 0 Å². The van der Waals surface area contributed by atoms with E-state index in [0.717, 1.165) is 5.56 Å². The van der Waals surface area contributed by atoms with Crippen LogP contribution < -0.4 is 4.90 Å². The number of anilines is 1. The molecule has 1 N–H and O–H groups in total. The number of fused-ring (bicyclic) bond motifs is 1. The zero-order chi connectivity index (χ0) is 24.9. The number of hydrogen-bond donors (Lipinski definition) is 1. The third-order valence-corrected chi connectivity index (χ3v) is 6.80. The zero-order valence-electron chi connectivity index (χ0n) is 19.1. The number of imidazole rings is 1. The maximum Gasteiger partial charge on any atom is 0.337 e. The van der Waals surface area contributed by atoms with E-state index < -0.39 is 23.7 Å². The molecule has 0 bridgehead atoms.